The third kappa shape index (κ3) is 4.34. The zero-order valence-electron chi connectivity index (χ0n) is 18.0. The Labute approximate surface area is 186 Å². The number of ketones is 1. The monoisotopic (exact) mass is 430 g/mol. The van der Waals surface area contributed by atoms with Crippen molar-refractivity contribution in [2.45, 2.75) is 13.8 Å². The molecular weight excluding hydrogens is 408 g/mol. The Hall–Kier alpha value is -4.06. The lowest BCUT2D eigenvalue weighted by Gasteiger charge is -2.08. The third-order valence-corrected chi connectivity index (χ3v) is 4.97. The maximum atomic E-state index is 12.9. The summed E-state index contributed by atoms with van der Waals surface area (Å²) in [6.07, 6.45) is 1.68. The van der Waals surface area contributed by atoms with Crippen molar-refractivity contribution < 1.29 is 28.5 Å². The van der Waals surface area contributed by atoms with Gasteiger partial charge in [0.25, 0.3) is 0 Å². The minimum Gasteiger partial charge on any atom is -0.497 e. The van der Waals surface area contributed by atoms with Gasteiger partial charge in [0.05, 0.1) is 24.8 Å². The number of carbonyl (C=O) groups is 2. The predicted octanol–water partition coefficient (Wildman–Crippen LogP) is 5.24. The summed E-state index contributed by atoms with van der Waals surface area (Å²) in [6, 6.07) is 17.2. The first-order valence-electron chi connectivity index (χ1n) is 10.2. The van der Waals surface area contributed by atoms with Crippen LogP contribution in [0.2, 0.25) is 0 Å². The first kappa shape index (κ1) is 21.2. The highest BCUT2D eigenvalue weighted by atomic mass is 16.5. The summed E-state index contributed by atoms with van der Waals surface area (Å²) >= 11 is 0. The van der Waals surface area contributed by atoms with Crippen molar-refractivity contribution in [2.24, 2.45) is 0 Å². The Kier molecular flexibility index (Phi) is 5.94. The number of rotatable bonds is 6. The van der Waals surface area contributed by atoms with Crippen LogP contribution in [0.4, 0.5) is 0 Å². The van der Waals surface area contributed by atoms with Gasteiger partial charge < -0.3 is 18.9 Å². The summed E-state index contributed by atoms with van der Waals surface area (Å²) in [4.78, 5) is 25.3. The molecule has 0 fully saturated rings. The van der Waals surface area contributed by atoms with Gasteiger partial charge in [-0.1, -0.05) is 12.1 Å². The average Bonchev–Trinajstić information content (AvgIpc) is 3.10. The number of carbonyl (C=O) groups excluding carboxylic acids is 2. The molecule has 4 rings (SSSR count). The molecule has 0 amide bonds. The number of methoxy groups -OCH3 is 1. The van der Waals surface area contributed by atoms with Crippen LogP contribution >= 0.6 is 0 Å². The molecular formula is C26H22O6. The van der Waals surface area contributed by atoms with Gasteiger partial charge in [-0.2, -0.15) is 0 Å². The van der Waals surface area contributed by atoms with Crippen LogP contribution in [0.5, 0.6) is 23.0 Å². The zero-order valence-corrected chi connectivity index (χ0v) is 18.0. The van der Waals surface area contributed by atoms with Crippen LogP contribution in [-0.2, 0) is 0 Å². The summed E-state index contributed by atoms with van der Waals surface area (Å²) in [5, 5.41) is 0. The second-order valence-electron chi connectivity index (χ2n) is 7.17. The molecule has 0 saturated heterocycles. The number of fused-ring (bicyclic) bond motifs is 1. The Morgan fingerprint density at radius 1 is 0.969 bits per heavy atom. The average molecular weight is 430 g/mol. The van der Waals surface area contributed by atoms with Gasteiger partial charge in [0.15, 0.2) is 5.76 Å². The van der Waals surface area contributed by atoms with Crippen LogP contribution in [0.3, 0.4) is 0 Å². The van der Waals surface area contributed by atoms with Crippen LogP contribution in [0.15, 0.2) is 66.4 Å². The summed E-state index contributed by atoms with van der Waals surface area (Å²) in [5.74, 6) is 1.57. The highest BCUT2D eigenvalue weighted by molar-refractivity contribution is 6.15. The normalized spacial score (nSPS) is 13.5. The molecule has 1 heterocycles. The number of hydrogen-bond acceptors (Lipinski definition) is 6. The van der Waals surface area contributed by atoms with Crippen molar-refractivity contribution in [3.63, 3.8) is 0 Å². The Morgan fingerprint density at radius 3 is 2.31 bits per heavy atom. The Balaban J connectivity index is 1.54. The van der Waals surface area contributed by atoms with Crippen LogP contribution in [0.1, 0.15) is 38.8 Å². The van der Waals surface area contributed by atoms with Crippen LogP contribution in [0, 0.1) is 6.92 Å². The number of aryl methyl sites for hydroxylation is 1. The molecule has 6 heteroatoms. The Bertz CT molecular complexity index is 1190. The van der Waals surface area contributed by atoms with E-state index < -0.39 is 5.97 Å². The highest BCUT2D eigenvalue weighted by Crippen LogP contribution is 2.37. The fourth-order valence-corrected chi connectivity index (χ4v) is 3.41. The van der Waals surface area contributed by atoms with Gasteiger partial charge in [-0.3, -0.25) is 4.79 Å². The van der Waals surface area contributed by atoms with Crippen molar-refractivity contribution in [3.05, 3.63) is 88.7 Å². The zero-order chi connectivity index (χ0) is 22.7. The molecule has 3 aromatic carbocycles. The van der Waals surface area contributed by atoms with E-state index in [1.807, 2.05) is 31.2 Å². The van der Waals surface area contributed by atoms with Crippen LogP contribution < -0.4 is 18.9 Å². The summed E-state index contributed by atoms with van der Waals surface area (Å²) in [7, 11) is 1.56. The van der Waals surface area contributed by atoms with E-state index in [2.05, 4.69) is 0 Å². The molecule has 1 aliphatic rings. The van der Waals surface area contributed by atoms with E-state index in [1.165, 1.54) is 0 Å². The van der Waals surface area contributed by atoms with Crippen molar-refractivity contribution in [1.82, 2.24) is 0 Å². The summed E-state index contributed by atoms with van der Waals surface area (Å²) < 4.78 is 21.9. The first-order valence-corrected chi connectivity index (χ1v) is 10.2. The lowest BCUT2D eigenvalue weighted by atomic mass is 10.0. The van der Waals surface area contributed by atoms with Gasteiger partial charge in [0.2, 0.25) is 5.78 Å². The molecule has 0 bridgehead atoms. The van der Waals surface area contributed by atoms with E-state index in [0.717, 1.165) is 11.3 Å². The summed E-state index contributed by atoms with van der Waals surface area (Å²) in [5.41, 5.74) is 2.33. The minimum atomic E-state index is -0.513. The molecule has 1 aliphatic heterocycles. The minimum absolute atomic E-state index is 0.209. The van der Waals surface area contributed by atoms with Gasteiger partial charge in [-0.05, 0) is 73.5 Å². The topological polar surface area (TPSA) is 71.1 Å². The number of esters is 1. The molecule has 0 atom stereocenters. The second kappa shape index (κ2) is 8.98. The number of Topliss-reactive ketones (excluding diaryl/α,β-unsaturated/α-hetero) is 1. The number of benzene rings is 3. The van der Waals surface area contributed by atoms with E-state index in [1.54, 1.807) is 56.5 Å². The van der Waals surface area contributed by atoms with E-state index in [-0.39, 0.29) is 11.5 Å². The van der Waals surface area contributed by atoms with E-state index in [9.17, 15) is 9.59 Å². The molecule has 0 radical (unpaired) electrons. The molecule has 0 aromatic heterocycles. The van der Waals surface area contributed by atoms with Crippen molar-refractivity contribution >= 4 is 17.8 Å². The second-order valence-corrected chi connectivity index (χ2v) is 7.17. The van der Waals surface area contributed by atoms with Crippen molar-refractivity contribution in [2.75, 3.05) is 13.7 Å². The van der Waals surface area contributed by atoms with E-state index in [4.69, 9.17) is 18.9 Å². The quantitative estimate of drug-likeness (QED) is 0.303. The molecule has 0 aliphatic carbocycles. The maximum Gasteiger partial charge on any atom is 0.343 e. The lowest BCUT2D eigenvalue weighted by molar-refractivity contribution is 0.0734. The molecule has 6 nitrogen and oxygen atoms in total. The van der Waals surface area contributed by atoms with Crippen molar-refractivity contribution in [3.8, 4) is 23.0 Å². The molecule has 0 N–H and O–H groups in total. The molecule has 32 heavy (non-hydrogen) atoms. The van der Waals surface area contributed by atoms with Crippen LogP contribution in [0.25, 0.3) is 6.08 Å². The fraction of sp³-hybridized carbons (Fsp3) is 0.154. The third-order valence-electron chi connectivity index (χ3n) is 4.97. The molecule has 3 aromatic rings. The standard InChI is InChI=1S/C26H22O6/c1-4-30-20-9-5-17(6-10-20)14-23-25(27)24-16(2)13-21(15-22(24)32-23)31-26(28)18-7-11-19(29-3)12-8-18/h5-15H,4H2,1-3H3/b23-14-. The highest BCUT2D eigenvalue weighted by Gasteiger charge is 2.30. The van der Waals surface area contributed by atoms with E-state index >= 15 is 0 Å². The maximum absolute atomic E-state index is 12.9. The van der Waals surface area contributed by atoms with Gasteiger partial charge in [0, 0.05) is 6.07 Å². The lowest BCUT2D eigenvalue weighted by Crippen LogP contribution is -2.08. The first-order chi connectivity index (χ1) is 15.5. The van der Waals surface area contributed by atoms with Crippen molar-refractivity contribution in [1.29, 1.82) is 0 Å². The number of hydrogen-bond donors (Lipinski definition) is 0. The summed E-state index contributed by atoms with van der Waals surface area (Å²) in [6.45, 7) is 4.29. The molecule has 0 unspecified atom stereocenters. The fourth-order valence-electron chi connectivity index (χ4n) is 3.41. The number of ether oxygens (including phenoxy) is 4. The van der Waals surface area contributed by atoms with E-state index in [0.29, 0.717) is 40.5 Å². The number of allylic oxidation sites excluding steroid dienone is 1. The molecule has 0 spiro atoms. The Morgan fingerprint density at radius 2 is 1.66 bits per heavy atom. The molecule has 0 saturated carbocycles. The van der Waals surface area contributed by atoms with Gasteiger partial charge in [-0.25, -0.2) is 4.79 Å². The van der Waals surface area contributed by atoms with Crippen LogP contribution in [-0.4, -0.2) is 25.5 Å². The predicted molar refractivity (Wildman–Crippen MR) is 120 cm³/mol. The van der Waals surface area contributed by atoms with Gasteiger partial charge in [-0.15, -0.1) is 0 Å². The van der Waals surface area contributed by atoms with Gasteiger partial charge >= 0.3 is 5.97 Å². The van der Waals surface area contributed by atoms with Gasteiger partial charge in [0.1, 0.15) is 23.0 Å². The smallest absolute Gasteiger partial charge is 0.343 e. The largest absolute Gasteiger partial charge is 0.497 e. The SMILES string of the molecule is CCOc1ccc(/C=C2\Oc3cc(OC(=O)c4ccc(OC)cc4)cc(C)c3C2=O)cc1. The molecule has 162 valence electrons.